The van der Waals surface area contributed by atoms with Crippen molar-refractivity contribution in [3.05, 3.63) is 23.3 Å². The Morgan fingerprint density at radius 3 is 2.27 bits per heavy atom. The Labute approximate surface area is 309 Å². The van der Waals surface area contributed by atoms with E-state index in [9.17, 15) is 22.7 Å². The number of allylic oxidation sites excluding steroid dienone is 4. The molecule has 1 heterocycles. The summed E-state index contributed by atoms with van der Waals surface area (Å²) in [6.07, 6.45) is 17.3. The normalized spacial score (nSPS) is 46.3. The second kappa shape index (κ2) is 12.9. The van der Waals surface area contributed by atoms with Crippen molar-refractivity contribution in [1.29, 1.82) is 0 Å². The number of nitrogens with one attached hydrogen (secondary N) is 1. The first-order chi connectivity index (χ1) is 23.9. The van der Waals surface area contributed by atoms with Crippen LogP contribution in [-0.2, 0) is 14.6 Å². The summed E-state index contributed by atoms with van der Waals surface area (Å²) in [6.45, 7) is 20.4. The summed E-state index contributed by atoms with van der Waals surface area (Å²) in [4.78, 5) is 14.3. The van der Waals surface area contributed by atoms with Gasteiger partial charge in [0.1, 0.15) is 6.67 Å². The Kier molecular flexibility index (Phi) is 9.64. The topological polar surface area (TPSA) is 86.7 Å². The Hall–Kier alpha value is -1.25. The van der Waals surface area contributed by atoms with E-state index in [2.05, 4.69) is 70.8 Å². The third-order valence-electron chi connectivity index (χ3n) is 17.9. The molecule has 1 saturated heterocycles. The molecule has 7 rings (SSSR count). The van der Waals surface area contributed by atoms with Crippen molar-refractivity contribution in [3.63, 3.8) is 0 Å². The van der Waals surface area contributed by atoms with Crippen LogP contribution < -0.4 is 5.32 Å². The van der Waals surface area contributed by atoms with E-state index in [-0.39, 0.29) is 21.8 Å². The van der Waals surface area contributed by atoms with Gasteiger partial charge in [0.15, 0.2) is 9.84 Å². The molecule has 51 heavy (non-hydrogen) atoms. The van der Waals surface area contributed by atoms with E-state index in [1.165, 1.54) is 62.5 Å². The van der Waals surface area contributed by atoms with Gasteiger partial charge >= 0.3 is 5.97 Å². The highest BCUT2D eigenvalue weighted by atomic mass is 32.2. The zero-order valence-corrected chi connectivity index (χ0v) is 33.8. The Morgan fingerprint density at radius 2 is 1.65 bits per heavy atom. The van der Waals surface area contributed by atoms with E-state index in [0.29, 0.717) is 72.9 Å². The van der Waals surface area contributed by atoms with Crippen molar-refractivity contribution in [1.82, 2.24) is 10.2 Å². The molecule has 1 aliphatic heterocycles. The minimum absolute atomic E-state index is 0.00473. The Morgan fingerprint density at radius 1 is 0.922 bits per heavy atom. The molecule has 0 bridgehead atoms. The molecule has 5 fully saturated rings. The first-order valence-corrected chi connectivity index (χ1v) is 22.6. The fourth-order valence-electron chi connectivity index (χ4n) is 14.8. The average molecular weight is 729 g/mol. The number of hydrogen-bond donors (Lipinski definition) is 2. The highest BCUT2D eigenvalue weighted by Gasteiger charge is 2.70. The molecule has 0 spiro atoms. The van der Waals surface area contributed by atoms with Gasteiger partial charge in [0, 0.05) is 31.7 Å². The molecule has 0 aromatic carbocycles. The lowest BCUT2D eigenvalue weighted by Crippen LogP contribution is -2.68. The number of carboxylic acids is 1. The molecule has 10 atom stereocenters. The molecule has 8 heteroatoms. The van der Waals surface area contributed by atoms with Crippen LogP contribution in [0.3, 0.4) is 0 Å². The summed E-state index contributed by atoms with van der Waals surface area (Å²) >= 11 is 0. The third-order valence-corrected chi connectivity index (χ3v) is 19.5. The lowest BCUT2D eigenvalue weighted by Gasteiger charge is -2.72. The minimum atomic E-state index is -2.86. The maximum absolute atomic E-state index is 14.0. The zero-order chi connectivity index (χ0) is 36.8. The molecule has 6 aliphatic carbocycles. The fraction of sp³-hybridized carbons (Fsp3) is 0.884. The Balaban J connectivity index is 1.13. The number of alkyl halides is 1. The molecule has 0 aromatic rings. The number of carboxylic acid groups (broad SMARTS) is 1. The van der Waals surface area contributed by atoms with Gasteiger partial charge in [-0.2, -0.15) is 0 Å². The summed E-state index contributed by atoms with van der Waals surface area (Å²) in [5.74, 6) is 3.68. The lowest BCUT2D eigenvalue weighted by molar-refractivity contribution is -0.223. The van der Waals surface area contributed by atoms with Crippen LogP contribution in [0, 0.1) is 62.6 Å². The smallest absolute Gasteiger partial charge is 0.312 e. The average Bonchev–Trinajstić information content (AvgIpc) is 3.46. The number of sulfone groups is 1. The molecule has 0 amide bonds. The minimum Gasteiger partial charge on any atom is -0.481 e. The van der Waals surface area contributed by atoms with Gasteiger partial charge in [-0.1, -0.05) is 60.6 Å². The van der Waals surface area contributed by atoms with E-state index in [0.717, 1.165) is 31.3 Å². The van der Waals surface area contributed by atoms with Gasteiger partial charge in [-0.05, 0) is 145 Å². The second-order valence-corrected chi connectivity index (χ2v) is 22.7. The number of hydrogen-bond acceptors (Lipinski definition) is 5. The number of rotatable bonds is 8. The predicted octanol–water partition coefficient (Wildman–Crippen LogP) is 8.48. The molecular formula is C43H69FN2O4S. The zero-order valence-electron chi connectivity index (χ0n) is 33.0. The summed E-state index contributed by atoms with van der Waals surface area (Å²) in [7, 11) is -2.86. The van der Waals surface area contributed by atoms with Crippen molar-refractivity contribution < 1.29 is 22.7 Å². The van der Waals surface area contributed by atoms with Crippen LogP contribution in [0.2, 0.25) is 0 Å². The second-order valence-electron chi connectivity index (χ2n) is 20.4. The van der Waals surface area contributed by atoms with Crippen LogP contribution in [0.25, 0.3) is 0 Å². The molecule has 6 nitrogen and oxygen atoms in total. The van der Waals surface area contributed by atoms with E-state index >= 15 is 0 Å². The number of nitrogens with zero attached hydrogens (tertiary/aromatic N) is 1. The molecule has 0 aromatic heterocycles. The van der Waals surface area contributed by atoms with Gasteiger partial charge in [0.2, 0.25) is 0 Å². The summed E-state index contributed by atoms with van der Waals surface area (Å²) in [6, 6.07) is 0. The standard InChI is InChI=1S/C43H69FN2O4S/c1-29(2)31-12-19-43(45-22-23-46-24-26-51(49,50)27-25-46)21-20-40(6)33(36(31)43)8-9-35-39(5)15-13-32(38(3,4)34(39)14-16-41(35,40)7)30-10-17-42(28-44,18-11-30)37(47)48/h10,13,29,31,33-36,45H,8-9,11-12,14-28H2,1-7H3,(H,47,48)/t31-,33?,34-,35+,36+,39-,40+,41+,42+,43-/m0/s1. The first-order valence-electron chi connectivity index (χ1n) is 20.8. The van der Waals surface area contributed by atoms with Crippen molar-refractivity contribution in [2.75, 3.05) is 44.4 Å². The van der Waals surface area contributed by atoms with E-state index in [1.54, 1.807) is 0 Å². The molecule has 288 valence electrons. The number of halogens is 1. The van der Waals surface area contributed by atoms with E-state index < -0.39 is 27.9 Å². The van der Waals surface area contributed by atoms with E-state index in [1.807, 2.05) is 0 Å². The lowest BCUT2D eigenvalue weighted by atomic mass is 9.32. The monoisotopic (exact) mass is 728 g/mol. The Bertz CT molecular complexity index is 1540. The van der Waals surface area contributed by atoms with Gasteiger partial charge in [-0.15, -0.1) is 0 Å². The van der Waals surface area contributed by atoms with Gasteiger partial charge < -0.3 is 15.3 Å². The summed E-state index contributed by atoms with van der Waals surface area (Å²) in [5, 5.41) is 14.1. The molecular weight excluding hydrogens is 660 g/mol. The molecule has 2 N–H and O–H groups in total. The van der Waals surface area contributed by atoms with Gasteiger partial charge in [0.05, 0.1) is 16.9 Å². The first kappa shape index (κ1) is 38.0. The number of fused-ring (bicyclic) bond motifs is 7. The highest BCUT2D eigenvalue weighted by Crippen LogP contribution is 2.76. The third kappa shape index (κ3) is 5.78. The van der Waals surface area contributed by atoms with Crippen molar-refractivity contribution >= 4 is 15.8 Å². The van der Waals surface area contributed by atoms with Crippen LogP contribution >= 0.6 is 0 Å². The maximum atomic E-state index is 14.0. The predicted molar refractivity (Wildman–Crippen MR) is 204 cm³/mol. The van der Waals surface area contributed by atoms with Crippen LogP contribution in [0.15, 0.2) is 23.3 Å². The maximum Gasteiger partial charge on any atom is 0.312 e. The van der Waals surface area contributed by atoms with Crippen LogP contribution in [0.5, 0.6) is 0 Å². The summed E-state index contributed by atoms with van der Waals surface area (Å²) < 4.78 is 38.1. The quantitative estimate of drug-likeness (QED) is 0.261. The number of aliphatic carboxylic acids is 1. The van der Waals surface area contributed by atoms with Crippen molar-refractivity contribution in [3.8, 4) is 0 Å². The van der Waals surface area contributed by atoms with Crippen LogP contribution in [0.1, 0.15) is 126 Å². The van der Waals surface area contributed by atoms with Crippen LogP contribution in [0.4, 0.5) is 4.39 Å². The molecule has 0 radical (unpaired) electrons. The van der Waals surface area contributed by atoms with Crippen LogP contribution in [-0.4, -0.2) is 74.3 Å². The highest BCUT2D eigenvalue weighted by molar-refractivity contribution is 7.91. The van der Waals surface area contributed by atoms with E-state index in [4.69, 9.17) is 0 Å². The van der Waals surface area contributed by atoms with Gasteiger partial charge in [0.25, 0.3) is 0 Å². The van der Waals surface area contributed by atoms with Crippen molar-refractivity contribution in [2.45, 2.75) is 131 Å². The molecule has 1 unspecified atom stereocenters. The largest absolute Gasteiger partial charge is 0.481 e. The van der Waals surface area contributed by atoms with Gasteiger partial charge in [-0.3, -0.25) is 4.79 Å². The molecule has 7 aliphatic rings. The van der Waals surface area contributed by atoms with Gasteiger partial charge in [-0.25, -0.2) is 12.8 Å². The fourth-order valence-corrected chi connectivity index (χ4v) is 16.1. The molecule has 4 saturated carbocycles. The van der Waals surface area contributed by atoms with Crippen molar-refractivity contribution in [2.24, 2.45) is 62.6 Å². The number of carbonyl (C=O) groups is 1. The SMILES string of the molecule is CC(C)[C@@H]1CC[C@]2(NCCN3CCS(=O)(=O)CC3)CC[C@]3(C)C(CC[C@@H]4[C@@]5(C)CC=C(C6=CC[C@@](CF)(C(=O)O)CC6)C(C)(C)[C@@H]5CC[C@]43C)[C@@H]12. The summed E-state index contributed by atoms with van der Waals surface area (Å²) in [5.41, 5.74) is 2.43.